The molecule has 6 heteroatoms. The van der Waals surface area contributed by atoms with Gasteiger partial charge in [-0.25, -0.2) is 0 Å². The number of rotatable bonds is 2. The van der Waals surface area contributed by atoms with Crippen LogP contribution >= 0.6 is 27.3 Å². The number of aromatic nitrogens is 2. The number of thiophene rings is 1. The van der Waals surface area contributed by atoms with Crippen molar-refractivity contribution in [2.75, 3.05) is 5.73 Å². The molecule has 0 saturated heterocycles. The van der Waals surface area contributed by atoms with E-state index < -0.39 is 0 Å². The van der Waals surface area contributed by atoms with E-state index >= 15 is 0 Å². The van der Waals surface area contributed by atoms with Crippen LogP contribution in [0.4, 0.5) is 5.82 Å². The van der Waals surface area contributed by atoms with Crippen LogP contribution in [0.3, 0.4) is 0 Å². The van der Waals surface area contributed by atoms with Gasteiger partial charge in [-0.1, -0.05) is 6.07 Å². The number of hydrogen-bond acceptors (Lipinski definition) is 4. The van der Waals surface area contributed by atoms with Crippen LogP contribution in [0.15, 0.2) is 38.9 Å². The average molecular weight is 310 g/mol. The molecule has 3 heterocycles. The maximum absolute atomic E-state index is 5.91. The molecule has 0 radical (unpaired) electrons. The number of nitrogen functional groups attached to an aromatic ring is 1. The Balaban J connectivity index is 2.23. The normalized spacial score (nSPS) is 10.9. The lowest BCUT2D eigenvalue weighted by Gasteiger charge is -1.99. The van der Waals surface area contributed by atoms with E-state index in [-0.39, 0.29) is 0 Å². The van der Waals surface area contributed by atoms with Gasteiger partial charge in [0.05, 0.1) is 23.1 Å². The van der Waals surface area contributed by atoms with Gasteiger partial charge in [-0.2, -0.15) is 5.10 Å². The summed E-state index contributed by atoms with van der Waals surface area (Å²) in [6, 6.07) is 5.87. The van der Waals surface area contributed by atoms with E-state index in [4.69, 9.17) is 10.2 Å². The molecule has 3 N–H and O–H groups in total. The molecule has 3 aromatic rings. The standard InChI is InChI=1S/C11H8BrN3OS/c12-10-6(3-4-16-10)9-8(11(13)15-14-9)7-2-1-5-17-7/h1-5H,(H3,13,14,15). The zero-order valence-electron chi connectivity index (χ0n) is 8.61. The van der Waals surface area contributed by atoms with E-state index in [0.717, 1.165) is 21.7 Å². The molecule has 0 aromatic carbocycles. The van der Waals surface area contributed by atoms with Crippen molar-refractivity contribution in [1.82, 2.24) is 10.2 Å². The fraction of sp³-hybridized carbons (Fsp3) is 0. The molecule has 0 unspecified atom stereocenters. The molecule has 0 saturated carbocycles. The van der Waals surface area contributed by atoms with Crippen LogP contribution in [0.25, 0.3) is 21.7 Å². The minimum atomic E-state index is 0.496. The third kappa shape index (κ3) is 1.69. The Morgan fingerprint density at radius 2 is 2.29 bits per heavy atom. The molecule has 0 aliphatic carbocycles. The first-order valence-corrected chi connectivity index (χ1v) is 6.55. The van der Waals surface area contributed by atoms with Crippen molar-refractivity contribution < 1.29 is 4.42 Å². The molecule has 17 heavy (non-hydrogen) atoms. The van der Waals surface area contributed by atoms with Crippen molar-refractivity contribution in [3.63, 3.8) is 0 Å². The van der Waals surface area contributed by atoms with Gasteiger partial charge in [-0.15, -0.1) is 11.3 Å². The zero-order valence-corrected chi connectivity index (χ0v) is 11.0. The molecular weight excluding hydrogens is 302 g/mol. The summed E-state index contributed by atoms with van der Waals surface area (Å²) < 4.78 is 5.90. The number of nitrogens with zero attached hydrogens (tertiary/aromatic N) is 1. The van der Waals surface area contributed by atoms with Gasteiger partial charge in [-0.3, -0.25) is 5.10 Å². The first kappa shape index (κ1) is 10.6. The first-order chi connectivity index (χ1) is 8.27. The van der Waals surface area contributed by atoms with Crippen LogP contribution < -0.4 is 5.73 Å². The summed E-state index contributed by atoms with van der Waals surface area (Å²) >= 11 is 4.98. The summed E-state index contributed by atoms with van der Waals surface area (Å²) in [6.45, 7) is 0. The average Bonchev–Trinajstić information content (AvgIpc) is 2.98. The Morgan fingerprint density at radius 3 is 2.94 bits per heavy atom. The highest BCUT2D eigenvalue weighted by Crippen LogP contribution is 2.39. The number of anilines is 1. The predicted octanol–water partition coefficient (Wildman–Crippen LogP) is 3.74. The number of H-pyrrole nitrogens is 1. The van der Waals surface area contributed by atoms with E-state index in [1.807, 2.05) is 23.6 Å². The third-order valence-electron chi connectivity index (χ3n) is 2.45. The monoisotopic (exact) mass is 309 g/mol. The largest absolute Gasteiger partial charge is 0.457 e. The number of aromatic amines is 1. The maximum Gasteiger partial charge on any atom is 0.178 e. The Morgan fingerprint density at radius 1 is 1.41 bits per heavy atom. The van der Waals surface area contributed by atoms with Crippen LogP contribution in [0.2, 0.25) is 0 Å². The summed E-state index contributed by atoms with van der Waals surface area (Å²) in [6.07, 6.45) is 1.62. The van der Waals surface area contributed by atoms with E-state index in [2.05, 4.69) is 26.1 Å². The Hall–Kier alpha value is -1.53. The van der Waals surface area contributed by atoms with Gasteiger partial charge in [0.1, 0.15) is 0 Å². The van der Waals surface area contributed by atoms with Crippen molar-refractivity contribution in [3.05, 3.63) is 34.5 Å². The van der Waals surface area contributed by atoms with E-state index in [1.165, 1.54) is 0 Å². The predicted molar refractivity (Wildman–Crippen MR) is 71.7 cm³/mol. The Bertz CT molecular complexity index is 642. The van der Waals surface area contributed by atoms with Crippen molar-refractivity contribution in [2.45, 2.75) is 0 Å². The molecule has 3 rings (SSSR count). The maximum atomic E-state index is 5.91. The van der Waals surface area contributed by atoms with Crippen LogP contribution in [0.1, 0.15) is 0 Å². The van der Waals surface area contributed by atoms with Gasteiger partial charge in [0.15, 0.2) is 10.5 Å². The number of halogens is 1. The lowest BCUT2D eigenvalue weighted by atomic mass is 10.1. The highest BCUT2D eigenvalue weighted by Gasteiger charge is 2.18. The van der Waals surface area contributed by atoms with Gasteiger partial charge in [-0.05, 0) is 33.4 Å². The summed E-state index contributed by atoms with van der Waals surface area (Å²) in [4.78, 5) is 1.08. The molecule has 0 spiro atoms. The van der Waals surface area contributed by atoms with Gasteiger partial charge < -0.3 is 10.2 Å². The smallest absolute Gasteiger partial charge is 0.178 e. The number of nitrogens with two attached hydrogens (primary N) is 1. The number of hydrogen-bond donors (Lipinski definition) is 2. The zero-order chi connectivity index (χ0) is 11.8. The molecule has 0 aliphatic heterocycles. The van der Waals surface area contributed by atoms with Crippen molar-refractivity contribution in [1.29, 1.82) is 0 Å². The first-order valence-electron chi connectivity index (χ1n) is 4.88. The van der Waals surface area contributed by atoms with Crippen LogP contribution in [-0.4, -0.2) is 10.2 Å². The molecule has 3 aromatic heterocycles. The number of furan rings is 1. The summed E-state index contributed by atoms with van der Waals surface area (Å²) in [5, 5.41) is 9.02. The second kappa shape index (κ2) is 4.05. The SMILES string of the molecule is Nc1n[nH]c(-c2ccoc2Br)c1-c1cccs1. The Kier molecular flexibility index (Phi) is 2.53. The quantitative estimate of drug-likeness (QED) is 0.757. The molecular formula is C11H8BrN3OS. The van der Waals surface area contributed by atoms with Gasteiger partial charge in [0.25, 0.3) is 0 Å². The lowest BCUT2D eigenvalue weighted by molar-refractivity contribution is 0.542. The Labute approximate surface area is 110 Å². The van der Waals surface area contributed by atoms with E-state index in [9.17, 15) is 0 Å². The summed E-state index contributed by atoms with van der Waals surface area (Å²) in [5.41, 5.74) is 8.61. The molecule has 0 amide bonds. The van der Waals surface area contributed by atoms with Gasteiger partial charge in [0.2, 0.25) is 0 Å². The molecule has 0 aliphatic rings. The highest BCUT2D eigenvalue weighted by molar-refractivity contribution is 9.10. The minimum absolute atomic E-state index is 0.496. The van der Waals surface area contributed by atoms with Crippen LogP contribution in [0, 0.1) is 0 Å². The van der Waals surface area contributed by atoms with Crippen molar-refractivity contribution in [2.24, 2.45) is 0 Å². The van der Waals surface area contributed by atoms with Crippen molar-refractivity contribution in [3.8, 4) is 21.7 Å². The van der Waals surface area contributed by atoms with E-state index in [1.54, 1.807) is 17.6 Å². The number of nitrogens with one attached hydrogen (secondary N) is 1. The summed E-state index contributed by atoms with van der Waals surface area (Å²) in [7, 11) is 0. The van der Waals surface area contributed by atoms with Crippen molar-refractivity contribution >= 4 is 33.1 Å². The molecule has 0 atom stereocenters. The molecule has 4 nitrogen and oxygen atoms in total. The van der Waals surface area contributed by atoms with Gasteiger partial charge in [0, 0.05) is 4.88 Å². The van der Waals surface area contributed by atoms with Gasteiger partial charge >= 0.3 is 0 Å². The minimum Gasteiger partial charge on any atom is -0.457 e. The van der Waals surface area contributed by atoms with Crippen LogP contribution in [0.5, 0.6) is 0 Å². The topological polar surface area (TPSA) is 67.8 Å². The molecule has 0 fully saturated rings. The highest BCUT2D eigenvalue weighted by atomic mass is 79.9. The molecule has 0 bridgehead atoms. The third-order valence-corrected chi connectivity index (χ3v) is 3.95. The fourth-order valence-electron chi connectivity index (χ4n) is 1.69. The summed E-state index contributed by atoms with van der Waals surface area (Å²) in [5.74, 6) is 0.496. The van der Waals surface area contributed by atoms with Crippen LogP contribution in [-0.2, 0) is 0 Å². The second-order valence-corrected chi connectivity index (χ2v) is 5.11. The fourth-order valence-corrected chi connectivity index (χ4v) is 2.92. The second-order valence-electron chi connectivity index (χ2n) is 3.44. The molecule has 86 valence electrons. The van der Waals surface area contributed by atoms with E-state index in [0.29, 0.717) is 10.5 Å². The lowest BCUT2D eigenvalue weighted by Crippen LogP contribution is -1.86.